The molecule has 1 aliphatic carbocycles. The van der Waals surface area contributed by atoms with E-state index in [1.807, 2.05) is 19.9 Å². The van der Waals surface area contributed by atoms with E-state index in [-0.39, 0.29) is 17.9 Å². The Hall–Kier alpha value is -1.12. The third-order valence-corrected chi connectivity index (χ3v) is 3.58. The topological polar surface area (TPSA) is 37.4 Å². The number of likely N-dealkylation sites (tertiary alicyclic amines) is 1. The first kappa shape index (κ1) is 12.3. The van der Waals surface area contributed by atoms with Crippen LogP contribution in [-0.4, -0.2) is 22.8 Å². The van der Waals surface area contributed by atoms with E-state index in [2.05, 4.69) is 0 Å². The lowest BCUT2D eigenvalue weighted by Gasteiger charge is -2.29. The molecule has 0 aromatic carbocycles. The van der Waals surface area contributed by atoms with E-state index in [0.29, 0.717) is 17.9 Å². The van der Waals surface area contributed by atoms with Crippen LogP contribution in [0.25, 0.3) is 0 Å². The van der Waals surface area contributed by atoms with Gasteiger partial charge in [-0.1, -0.05) is 39.2 Å². The van der Waals surface area contributed by atoms with Crippen molar-refractivity contribution in [2.75, 3.05) is 0 Å². The first-order valence-electron chi connectivity index (χ1n) is 6.66. The maximum Gasteiger partial charge on any atom is 0.256 e. The largest absolute Gasteiger partial charge is 0.275 e. The van der Waals surface area contributed by atoms with Crippen molar-refractivity contribution in [2.24, 2.45) is 5.92 Å². The Kier molecular flexibility index (Phi) is 3.65. The van der Waals surface area contributed by atoms with Crippen LogP contribution >= 0.6 is 0 Å². The second kappa shape index (κ2) is 5.03. The van der Waals surface area contributed by atoms with Crippen LogP contribution in [0, 0.1) is 5.92 Å². The summed E-state index contributed by atoms with van der Waals surface area (Å²) in [5.74, 6) is 0.303. The lowest BCUT2D eigenvalue weighted by atomic mass is 9.94. The predicted octanol–water partition coefficient (Wildman–Crippen LogP) is 2.66. The molecule has 1 saturated carbocycles. The minimum Gasteiger partial charge on any atom is -0.275 e. The van der Waals surface area contributed by atoms with Gasteiger partial charge in [0.05, 0.1) is 6.42 Å². The van der Waals surface area contributed by atoms with E-state index in [0.717, 1.165) is 25.7 Å². The van der Waals surface area contributed by atoms with Crippen molar-refractivity contribution in [2.45, 2.75) is 58.4 Å². The second-order valence-corrected chi connectivity index (χ2v) is 5.47. The Morgan fingerprint density at radius 2 is 1.82 bits per heavy atom. The maximum atomic E-state index is 12.2. The smallest absolute Gasteiger partial charge is 0.256 e. The van der Waals surface area contributed by atoms with Crippen molar-refractivity contribution in [1.29, 1.82) is 0 Å². The molecule has 1 aliphatic heterocycles. The van der Waals surface area contributed by atoms with Gasteiger partial charge in [-0.25, -0.2) is 0 Å². The van der Waals surface area contributed by atoms with Crippen LogP contribution in [0.1, 0.15) is 52.4 Å². The van der Waals surface area contributed by atoms with E-state index in [1.54, 1.807) is 0 Å². The van der Waals surface area contributed by atoms with Crippen molar-refractivity contribution in [3.63, 3.8) is 0 Å². The van der Waals surface area contributed by atoms with Gasteiger partial charge in [0.2, 0.25) is 5.91 Å². The lowest BCUT2D eigenvalue weighted by molar-refractivity contribution is -0.141. The number of carbonyl (C=O) groups is 2. The molecule has 17 heavy (non-hydrogen) atoms. The van der Waals surface area contributed by atoms with Gasteiger partial charge < -0.3 is 0 Å². The molecule has 2 fully saturated rings. The van der Waals surface area contributed by atoms with Crippen molar-refractivity contribution < 1.29 is 9.59 Å². The molecule has 0 N–H and O–H groups in total. The molecule has 1 heterocycles. The number of carbonyl (C=O) groups excluding carboxylic acids is 2. The minimum atomic E-state index is -0.0319. The number of allylic oxidation sites excluding steroid dienone is 1. The monoisotopic (exact) mass is 235 g/mol. The zero-order valence-electron chi connectivity index (χ0n) is 10.7. The van der Waals surface area contributed by atoms with Gasteiger partial charge in [-0.2, -0.15) is 0 Å². The molecule has 2 aliphatic rings. The van der Waals surface area contributed by atoms with Crippen LogP contribution in [0.5, 0.6) is 0 Å². The molecule has 0 unspecified atom stereocenters. The van der Waals surface area contributed by atoms with E-state index >= 15 is 0 Å². The van der Waals surface area contributed by atoms with Gasteiger partial charge in [0.15, 0.2) is 0 Å². The summed E-state index contributed by atoms with van der Waals surface area (Å²) >= 11 is 0. The number of amides is 2. The molecule has 0 aromatic rings. The van der Waals surface area contributed by atoms with Gasteiger partial charge >= 0.3 is 0 Å². The van der Waals surface area contributed by atoms with E-state index in [1.165, 1.54) is 11.3 Å². The highest BCUT2D eigenvalue weighted by Gasteiger charge is 2.38. The van der Waals surface area contributed by atoms with Crippen molar-refractivity contribution in [1.82, 2.24) is 4.90 Å². The first-order valence-corrected chi connectivity index (χ1v) is 6.66. The van der Waals surface area contributed by atoms with Gasteiger partial charge in [0, 0.05) is 11.6 Å². The summed E-state index contributed by atoms with van der Waals surface area (Å²) in [6.45, 7) is 4.07. The Balaban J connectivity index is 2.13. The zero-order valence-corrected chi connectivity index (χ0v) is 10.7. The fourth-order valence-electron chi connectivity index (χ4n) is 2.83. The normalized spacial score (nSPS) is 25.4. The molecule has 94 valence electrons. The van der Waals surface area contributed by atoms with Crippen molar-refractivity contribution in [3.8, 4) is 0 Å². The number of hydrogen-bond acceptors (Lipinski definition) is 2. The Morgan fingerprint density at radius 3 is 2.41 bits per heavy atom. The van der Waals surface area contributed by atoms with Gasteiger partial charge in [0.25, 0.3) is 5.91 Å². The van der Waals surface area contributed by atoms with Gasteiger partial charge in [-0.05, 0) is 18.8 Å². The second-order valence-electron chi connectivity index (χ2n) is 5.47. The number of imide groups is 1. The predicted molar refractivity (Wildman–Crippen MR) is 66.3 cm³/mol. The summed E-state index contributed by atoms with van der Waals surface area (Å²) in [6, 6.07) is 0.168. The van der Waals surface area contributed by atoms with E-state index in [9.17, 15) is 9.59 Å². The van der Waals surface area contributed by atoms with Crippen LogP contribution in [0.15, 0.2) is 11.6 Å². The highest BCUT2D eigenvalue weighted by molar-refractivity contribution is 6.13. The average molecular weight is 235 g/mol. The Morgan fingerprint density at radius 1 is 1.18 bits per heavy atom. The zero-order chi connectivity index (χ0) is 12.4. The van der Waals surface area contributed by atoms with E-state index < -0.39 is 0 Å². The minimum absolute atomic E-state index is 0.00815. The summed E-state index contributed by atoms with van der Waals surface area (Å²) in [5, 5.41) is 0. The Labute approximate surface area is 103 Å². The summed E-state index contributed by atoms with van der Waals surface area (Å²) in [7, 11) is 0. The molecule has 0 atom stereocenters. The molecule has 0 spiro atoms. The summed E-state index contributed by atoms with van der Waals surface area (Å²) < 4.78 is 0. The van der Waals surface area contributed by atoms with Crippen molar-refractivity contribution >= 4 is 11.8 Å². The van der Waals surface area contributed by atoms with Crippen LogP contribution < -0.4 is 0 Å². The Bertz CT molecular complexity index is 351. The SMILES string of the molecule is CC(C)C=C1CC(=O)N(C2CCCCC2)C1=O. The van der Waals surface area contributed by atoms with Crippen LogP contribution in [0.3, 0.4) is 0 Å². The highest BCUT2D eigenvalue weighted by atomic mass is 16.2. The summed E-state index contributed by atoms with van der Waals surface area (Å²) in [5.41, 5.74) is 0.704. The standard InChI is InChI=1S/C14H21NO2/c1-10(2)8-11-9-13(16)15(14(11)17)12-6-4-3-5-7-12/h8,10,12H,3-7,9H2,1-2H3. The third kappa shape index (κ3) is 2.59. The molecule has 1 saturated heterocycles. The molecule has 0 bridgehead atoms. The lowest BCUT2D eigenvalue weighted by Crippen LogP contribution is -2.40. The fraction of sp³-hybridized carbons (Fsp3) is 0.714. The molecule has 2 amide bonds. The van der Waals surface area contributed by atoms with Crippen molar-refractivity contribution in [3.05, 3.63) is 11.6 Å². The maximum absolute atomic E-state index is 12.2. The molecule has 3 heteroatoms. The summed E-state index contributed by atoms with van der Waals surface area (Å²) in [6.07, 6.45) is 7.76. The quantitative estimate of drug-likeness (QED) is 0.545. The number of rotatable bonds is 2. The average Bonchev–Trinajstić information content (AvgIpc) is 2.54. The van der Waals surface area contributed by atoms with Gasteiger partial charge in [-0.15, -0.1) is 0 Å². The van der Waals surface area contributed by atoms with Crippen LogP contribution in [-0.2, 0) is 9.59 Å². The molecule has 0 radical (unpaired) electrons. The molecule has 2 rings (SSSR count). The van der Waals surface area contributed by atoms with Gasteiger partial charge in [0.1, 0.15) is 0 Å². The number of nitrogens with zero attached hydrogens (tertiary/aromatic N) is 1. The van der Waals surface area contributed by atoms with Crippen LogP contribution in [0.4, 0.5) is 0 Å². The van der Waals surface area contributed by atoms with E-state index in [4.69, 9.17) is 0 Å². The highest BCUT2D eigenvalue weighted by Crippen LogP contribution is 2.29. The molecular weight excluding hydrogens is 214 g/mol. The molecule has 0 aromatic heterocycles. The summed E-state index contributed by atoms with van der Waals surface area (Å²) in [4.78, 5) is 25.7. The molecular formula is C14H21NO2. The third-order valence-electron chi connectivity index (χ3n) is 3.58. The first-order chi connectivity index (χ1) is 8.09. The van der Waals surface area contributed by atoms with Gasteiger partial charge in [-0.3, -0.25) is 14.5 Å². The fourth-order valence-corrected chi connectivity index (χ4v) is 2.83. The van der Waals surface area contributed by atoms with Crippen LogP contribution in [0.2, 0.25) is 0 Å². The number of hydrogen-bond donors (Lipinski definition) is 0. The molecule has 3 nitrogen and oxygen atoms in total.